The van der Waals surface area contributed by atoms with Crippen molar-refractivity contribution >= 4 is 9.61 Å². The summed E-state index contributed by atoms with van der Waals surface area (Å²) in [6, 6.07) is 0. The van der Waals surface area contributed by atoms with E-state index >= 15 is 0 Å². The van der Waals surface area contributed by atoms with Crippen LogP contribution >= 0.6 is 0 Å². The minimum absolute atomic E-state index is 0.582. The van der Waals surface area contributed by atoms with Crippen molar-refractivity contribution < 1.29 is 19.4 Å². The summed E-state index contributed by atoms with van der Waals surface area (Å²) in [6.45, 7) is 10.9. The van der Waals surface area contributed by atoms with Crippen LogP contribution in [-0.2, 0) is 19.4 Å². The second kappa shape index (κ2) is 5.16. The average Bonchev–Trinajstić information content (AvgIpc) is 2.32. The Labute approximate surface area is 104 Å². The van der Waals surface area contributed by atoms with Gasteiger partial charge in [-0.15, -0.1) is 0 Å². The van der Waals surface area contributed by atoms with E-state index < -0.39 is 0 Å². The van der Waals surface area contributed by atoms with Crippen molar-refractivity contribution in [3.63, 3.8) is 0 Å². The van der Waals surface area contributed by atoms with Gasteiger partial charge in [-0.25, -0.2) is 0 Å². The van der Waals surface area contributed by atoms with Crippen molar-refractivity contribution in [2.75, 3.05) is 0 Å². The normalized spacial score (nSPS) is 21.1. The van der Waals surface area contributed by atoms with Gasteiger partial charge in [0, 0.05) is 0 Å². The van der Waals surface area contributed by atoms with Crippen LogP contribution in [0.1, 0.15) is 41.0 Å². The van der Waals surface area contributed by atoms with Crippen molar-refractivity contribution in [2.45, 2.75) is 41.0 Å². The SMILES string of the molecule is CC(=CC(C)C)N=C1CC(C)=C(C)[C]1=[W]. The third kappa shape index (κ3) is 3.34. The van der Waals surface area contributed by atoms with Crippen LogP contribution in [0.25, 0.3) is 0 Å². The molecule has 0 aromatic carbocycles. The molecule has 0 spiro atoms. The number of hydrogen-bond donors (Lipinski definition) is 0. The molecule has 2 heteroatoms. The first kappa shape index (κ1) is 12.8. The Morgan fingerprint density at radius 3 is 2.40 bits per heavy atom. The predicted molar refractivity (Wildman–Crippen MR) is 64.0 cm³/mol. The summed E-state index contributed by atoms with van der Waals surface area (Å²) in [5, 5.41) is 0. The van der Waals surface area contributed by atoms with Crippen molar-refractivity contribution in [2.24, 2.45) is 10.9 Å². The monoisotopic (exact) mass is 373 g/mol. The Kier molecular flexibility index (Phi) is 4.40. The molecule has 0 heterocycles. The molecule has 15 heavy (non-hydrogen) atoms. The number of allylic oxidation sites excluding steroid dienone is 4. The molecule has 0 atom stereocenters. The van der Waals surface area contributed by atoms with Gasteiger partial charge in [0.2, 0.25) is 0 Å². The molecule has 0 aromatic rings. The van der Waals surface area contributed by atoms with Gasteiger partial charge in [-0.1, -0.05) is 0 Å². The number of hydrogen-bond acceptors (Lipinski definition) is 1. The van der Waals surface area contributed by atoms with Gasteiger partial charge in [-0.3, -0.25) is 0 Å². The van der Waals surface area contributed by atoms with E-state index in [2.05, 4.69) is 40.7 Å². The molecule has 1 rings (SSSR count). The summed E-state index contributed by atoms with van der Waals surface area (Å²) >= 11 is 1.54. The van der Waals surface area contributed by atoms with Gasteiger partial charge in [0.25, 0.3) is 0 Å². The third-order valence-electron chi connectivity index (χ3n) is 2.56. The maximum atomic E-state index is 4.72. The van der Waals surface area contributed by atoms with Crippen molar-refractivity contribution in [1.29, 1.82) is 0 Å². The minimum atomic E-state index is 0.582. The van der Waals surface area contributed by atoms with Crippen LogP contribution in [-0.4, -0.2) is 9.61 Å². The van der Waals surface area contributed by atoms with Crippen LogP contribution in [0, 0.1) is 5.92 Å². The number of nitrogens with zero attached hydrogens (tertiary/aromatic N) is 1. The molecular weight excluding hydrogens is 354 g/mol. The van der Waals surface area contributed by atoms with Gasteiger partial charge in [-0.2, -0.15) is 0 Å². The van der Waals surface area contributed by atoms with Crippen molar-refractivity contribution in [1.82, 2.24) is 0 Å². The summed E-state index contributed by atoms with van der Waals surface area (Å²) in [5.41, 5.74) is 5.38. The van der Waals surface area contributed by atoms with E-state index in [9.17, 15) is 0 Å². The van der Waals surface area contributed by atoms with Crippen LogP contribution in [0.3, 0.4) is 0 Å². The molecule has 82 valence electrons. The van der Waals surface area contributed by atoms with E-state index in [1.807, 2.05) is 0 Å². The molecule has 0 fully saturated rings. The Morgan fingerprint density at radius 2 is 2.00 bits per heavy atom. The molecule has 0 N–H and O–H groups in total. The first-order valence-electron chi connectivity index (χ1n) is 5.39. The van der Waals surface area contributed by atoms with Crippen LogP contribution < -0.4 is 0 Å². The zero-order valence-corrected chi connectivity index (χ0v) is 13.2. The molecule has 0 unspecified atom stereocenters. The van der Waals surface area contributed by atoms with Gasteiger partial charge in [0.1, 0.15) is 0 Å². The molecule has 0 bridgehead atoms. The molecule has 0 aromatic heterocycles. The zero-order valence-electron chi connectivity index (χ0n) is 10.2. The van der Waals surface area contributed by atoms with Gasteiger partial charge in [0.15, 0.2) is 0 Å². The van der Waals surface area contributed by atoms with Crippen LogP contribution in [0.4, 0.5) is 0 Å². The molecular formula is C13H19NW. The molecule has 1 aliphatic rings. The van der Waals surface area contributed by atoms with Gasteiger partial charge < -0.3 is 0 Å². The van der Waals surface area contributed by atoms with Gasteiger partial charge >= 0.3 is 104 Å². The van der Waals surface area contributed by atoms with E-state index in [1.54, 1.807) is 0 Å². The molecule has 1 aliphatic carbocycles. The van der Waals surface area contributed by atoms with Gasteiger partial charge in [0.05, 0.1) is 0 Å². The summed E-state index contributed by atoms with van der Waals surface area (Å²) in [4.78, 5) is 4.72. The topological polar surface area (TPSA) is 12.4 Å². The van der Waals surface area contributed by atoms with E-state index in [1.165, 1.54) is 40.1 Å². The molecule has 0 radical (unpaired) electrons. The number of aliphatic imine (C=N–C) groups is 1. The van der Waals surface area contributed by atoms with Crippen molar-refractivity contribution in [3.05, 3.63) is 22.9 Å². The molecule has 0 aliphatic heterocycles. The first-order chi connectivity index (χ1) is 6.91. The molecule has 1 nitrogen and oxygen atoms in total. The van der Waals surface area contributed by atoms with E-state index in [-0.39, 0.29) is 0 Å². The van der Waals surface area contributed by atoms with Crippen LogP contribution in [0.15, 0.2) is 27.9 Å². The quantitative estimate of drug-likeness (QED) is 0.703. The fourth-order valence-corrected chi connectivity index (χ4v) is 2.75. The summed E-state index contributed by atoms with van der Waals surface area (Å²) < 4.78 is 1.45. The predicted octanol–water partition coefficient (Wildman–Crippen LogP) is 3.45. The average molecular weight is 373 g/mol. The van der Waals surface area contributed by atoms with E-state index in [4.69, 9.17) is 4.99 Å². The Hall–Kier alpha value is -0.292. The Bertz CT molecular complexity index is 370. The first-order valence-corrected chi connectivity index (χ1v) is 6.85. The Morgan fingerprint density at radius 1 is 1.40 bits per heavy atom. The van der Waals surface area contributed by atoms with Gasteiger partial charge in [-0.05, 0) is 0 Å². The van der Waals surface area contributed by atoms with Crippen LogP contribution in [0.2, 0.25) is 0 Å². The third-order valence-corrected chi connectivity index (χ3v) is 4.51. The van der Waals surface area contributed by atoms with Crippen molar-refractivity contribution in [3.8, 4) is 0 Å². The van der Waals surface area contributed by atoms with E-state index in [0.717, 1.165) is 12.1 Å². The second-order valence-corrected chi connectivity index (χ2v) is 5.99. The second-order valence-electron chi connectivity index (χ2n) is 4.52. The van der Waals surface area contributed by atoms with Crippen LogP contribution in [0.5, 0.6) is 0 Å². The summed E-state index contributed by atoms with van der Waals surface area (Å²) in [6.07, 6.45) is 3.27. The number of rotatable bonds is 2. The zero-order chi connectivity index (χ0) is 11.6. The molecule has 0 saturated heterocycles. The molecule has 0 amide bonds. The van der Waals surface area contributed by atoms with E-state index in [0.29, 0.717) is 5.92 Å². The molecule has 0 saturated carbocycles. The fraction of sp³-hybridized carbons (Fsp3) is 0.538. The maximum absolute atomic E-state index is 4.72. The Balaban J connectivity index is 2.86. The summed E-state index contributed by atoms with van der Waals surface area (Å²) in [7, 11) is 0. The standard InChI is InChI=1S/C13H19N.W/c1-9(2)6-12(5)14-13-7-10(3)11(4)8-13;/h6,9H,7H2,1-5H3;. The fourth-order valence-electron chi connectivity index (χ4n) is 1.70. The summed E-state index contributed by atoms with van der Waals surface area (Å²) in [5.74, 6) is 0.582.